The second kappa shape index (κ2) is 12.6. The Morgan fingerprint density at radius 1 is 1.26 bits per heavy atom. The molecule has 4 aliphatic heterocycles. The lowest BCUT2D eigenvalue weighted by Crippen LogP contribution is -2.75. The number of nitriles is 1. The first kappa shape index (κ1) is 30.2. The van der Waals surface area contributed by atoms with E-state index in [1.54, 1.807) is 12.0 Å². The van der Waals surface area contributed by atoms with Crippen LogP contribution in [0.2, 0.25) is 0 Å². The first-order valence-electron chi connectivity index (χ1n) is 15.6. The van der Waals surface area contributed by atoms with Crippen LogP contribution in [0.5, 0.6) is 5.75 Å². The molecule has 0 radical (unpaired) electrons. The number of likely N-dealkylation sites (tertiary alicyclic amines) is 1. The second-order valence-electron chi connectivity index (χ2n) is 12.6. The van der Waals surface area contributed by atoms with Gasteiger partial charge in [-0.05, 0) is 57.0 Å². The van der Waals surface area contributed by atoms with E-state index < -0.39 is 18.0 Å². The Bertz CT molecular complexity index is 1270. The van der Waals surface area contributed by atoms with Crippen LogP contribution in [0.3, 0.4) is 0 Å². The molecule has 11 heteroatoms. The van der Waals surface area contributed by atoms with Crippen molar-refractivity contribution in [3.05, 3.63) is 42.0 Å². The Morgan fingerprint density at radius 2 is 2.12 bits per heavy atom. The molecule has 11 nitrogen and oxygen atoms in total. The summed E-state index contributed by atoms with van der Waals surface area (Å²) in [6.45, 7) is 7.28. The van der Waals surface area contributed by atoms with Gasteiger partial charge < -0.3 is 24.0 Å². The summed E-state index contributed by atoms with van der Waals surface area (Å²) in [6, 6.07) is 7.88. The van der Waals surface area contributed by atoms with Crippen molar-refractivity contribution in [3.8, 4) is 11.8 Å². The van der Waals surface area contributed by atoms with Crippen molar-refractivity contribution in [2.75, 3.05) is 46.9 Å². The number of Topliss-reactive ketones (excluding diaryl/α,β-unsaturated/α-hetero) is 1. The van der Waals surface area contributed by atoms with Crippen LogP contribution in [0.4, 0.5) is 0 Å². The lowest BCUT2D eigenvalue weighted by Gasteiger charge is -2.55. The van der Waals surface area contributed by atoms with Gasteiger partial charge in [0.25, 0.3) is 0 Å². The fourth-order valence-corrected chi connectivity index (χ4v) is 7.91. The van der Waals surface area contributed by atoms with E-state index in [1.165, 1.54) is 6.08 Å². The van der Waals surface area contributed by atoms with E-state index in [1.807, 2.05) is 12.1 Å². The van der Waals surface area contributed by atoms with Gasteiger partial charge in [0.05, 0.1) is 51.1 Å². The minimum absolute atomic E-state index is 0.0215. The average Bonchev–Trinajstić information content (AvgIpc) is 3.45. The maximum absolute atomic E-state index is 14.5. The highest BCUT2D eigenvalue weighted by Crippen LogP contribution is 2.43. The molecule has 0 aromatic heterocycles. The molecule has 2 N–H and O–H groups in total. The number of piperazine rings is 1. The van der Waals surface area contributed by atoms with Crippen molar-refractivity contribution >= 4 is 11.7 Å². The van der Waals surface area contributed by atoms with Crippen molar-refractivity contribution in [1.82, 2.24) is 25.3 Å². The zero-order valence-electron chi connectivity index (χ0n) is 25.3. The minimum Gasteiger partial charge on any atom is -0.496 e. The van der Waals surface area contributed by atoms with E-state index >= 15 is 0 Å². The van der Waals surface area contributed by atoms with Crippen molar-refractivity contribution in [2.24, 2.45) is 5.92 Å². The van der Waals surface area contributed by atoms with E-state index in [2.05, 4.69) is 46.2 Å². The molecule has 4 heterocycles. The van der Waals surface area contributed by atoms with Crippen LogP contribution in [0.1, 0.15) is 43.2 Å². The van der Waals surface area contributed by atoms with Crippen molar-refractivity contribution < 1.29 is 23.8 Å². The van der Waals surface area contributed by atoms with Crippen LogP contribution in [-0.2, 0) is 32.1 Å². The van der Waals surface area contributed by atoms with Gasteiger partial charge in [-0.3, -0.25) is 25.1 Å². The van der Waals surface area contributed by atoms with Gasteiger partial charge in [-0.2, -0.15) is 5.26 Å². The smallest absolute Gasteiger partial charge is 0.246 e. The molecule has 4 fully saturated rings. The average molecular weight is 593 g/mol. The first-order chi connectivity index (χ1) is 20.9. The summed E-state index contributed by atoms with van der Waals surface area (Å²) in [5, 5.41) is 16.8. The maximum Gasteiger partial charge on any atom is 0.246 e. The summed E-state index contributed by atoms with van der Waals surface area (Å²) in [5.74, 6) is 0.690. The zero-order chi connectivity index (χ0) is 30.1. The molecular formula is C32H44N6O5. The zero-order valence-corrected chi connectivity index (χ0v) is 25.3. The van der Waals surface area contributed by atoms with Crippen molar-refractivity contribution in [3.63, 3.8) is 0 Å². The summed E-state index contributed by atoms with van der Waals surface area (Å²) < 4.78 is 18.5. The van der Waals surface area contributed by atoms with Gasteiger partial charge >= 0.3 is 0 Å². The molecule has 232 valence electrons. The molecule has 6 unspecified atom stereocenters. The molecule has 1 spiro atoms. The van der Waals surface area contributed by atoms with Gasteiger partial charge in [0.2, 0.25) is 5.91 Å². The van der Waals surface area contributed by atoms with Gasteiger partial charge in [-0.25, -0.2) is 0 Å². The molecule has 43 heavy (non-hydrogen) atoms. The van der Waals surface area contributed by atoms with Gasteiger partial charge in [0.1, 0.15) is 11.4 Å². The molecule has 0 bridgehead atoms. The number of ketones is 1. The minimum atomic E-state index is -0.899. The number of carbonyl (C=O) groups is 2. The number of benzene rings is 1. The van der Waals surface area contributed by atoms with Gasteiger partial charge in [-0.15, -0.1) is 0 Å². The Morgan fingerprint density at radius 3 is 2.86 bits per heavy atom. The fraction of sp³-hybridized carbons (Fsp3) is 0.656. The number of likely N-dealkylation sites (N-methyl/N-ethyl adjacent to an activating group) is 1. The summed E-state index contributed by atoms with van der Waals surface area (Å²) in [5.41, 5.74) is 1.21. The number of carbonyl (C=O) groups excluding carboxylic acids is 2. The fourth-order valence-electron chi connectivity index (χ4n) is 7.91. The lowest BCUT2D eigenvalue weighted by atomic mass is 9.68. The third-order valence-electron chi connectivity index (χ3n) is 10.3. The van der Waals surface area contributed by atoms with Crippen LogP contribution in [0, 0.1) is 17.2 Å². The quantitative estimate of drug-likeness (QED) is 0.450. The number of rotatable bonds is 7. The molecule has 6 rings (SSSR count). The molecule has 1 aromatic carbocycles. The topological polar surface area (TPSA) is 119 Å². The highest BCUT2D eigenvalue weighted by atomic mass is 16.5. The largest absolute Gasteiger partial charge is 0.496 e. The molecule has 1 aromatic rings. The lowest BCUT2D eigenvalue weighted by molar-refractivity contribution is -0.174. The third-order valence-corrected chi connectivity index (χ3v) is 10.3. The Hall–Kier alpha value is -2.85. The number of nitrogens with one attached hydrogen (secondary N) is 2. The van der Waals surface area contributed by atoms with Gasteiger partial charge in [0.15, 0.2) is 12.1 Å². The SMILES string of the molecule is C=CC(=O)N1CCN(C2NC(OCC3CCCN3C)NC3C(=O)[C@@]4(CCC32)Cc2cccc(OC)c2CO4)CC1CC#N. The predicted molar refractivity (Wildman–Crippen MR) is 159 cm³/mol. The monoisotopic (exact) mass is 592 g/mol. The first-order valence-corrected chi connectivity index (χ1v) is 15.6. The van der Waals surface area contributed by atoms with Gasteiger partial charge in [-0.1, -0.05) is 18.7 Å². The second-order valence-corrected chi connectivity index (χ2v) is 12.6. The van der Waals surface area contributed by atoms with E-state index in [0.29, 0.717) is 51.7 Å². The number of ether oxygens (including phenoxy) is 3. The standard InChI is InChI=1S/C32H44N6O5/c1-4-27(39)38-16-15-37(18-22(38)11-13-33)30-24-10-12-32(17-21-7-5-9-26(41-3)25(21)20-43-32)29(40)28(24)34-31(35-30)42-19-23-8-6-14-36(23)2/h4-5,7,9,22-24,28,30-31,34-35H,1,6,8,10-12,14-20H2,2-3H3/t22?,23?,24?,28?,30?,31?,32-/m1/s1. The molecule has 5 aliphatic rings. The highest BCUT2D eigenvalue weighted by molar-refractivity contribution is 5.94. The van der Waals surface area contributed by atoms with Crippen LogP contribution in [-0.4, -0.2) is 110 Å². The Balaban J connectivity index is 1.25. The molecular weight excluding hydrogens is 548 g/mol. The third kappa shape index (κ3) is 5.72. The molecule has 3 saturated heterocycles. The summed E-state index contributed by atoms with van der Waals surface area (Å²) in [7, 11) is 3.79. The van der Waals surface area contributed by atoms with E-state index in [4.69, 9.17) is 14.2 Å². The number of fused-ring (bicyclic) bond motifs is 2. The predicted octanol–water partition coefficient (Wildman–Crippen LogP) is 1.38. The van der Waals surface area contributed by atoms with Crippen molar-refractivity contribution in [1.29, 1.82) is 5.26 Å². The van der Waals surface area contributed by atoms with Crippen LogP contribution in [0.15, 0.2) is 30.9 Å². The van der Waals surface area contributed by atoms with Crippen LogP contribution >= 0.6 is 0 Å². The summed E-state index contributed by atoms with van der Waals surface area (Å²) in [4.78, 5) is 33.4. The van der Waals surface area contributed by atoms with E-state index in [-0.39, 0.29) is 36.2 Å². The van der Waals surface area contributed by atoms with Gasteiger partial charge in [0, 0.05) is 43.6 Å². The summed E-state index contributed by atoms with van der Waals surface area (Å²) >= 11 is 0. The summed E-state index contributed by atoms with van der Waals surface area (Å²) in [6.07, 6.45) is 5.06. The van der Waals surface area contributed by atoms with E-state index in [9.17, 15) is 14.9 Å². The van der Waals surface area contributed by atoms with Crippen LogP contribution in [0.25, 0.3) is 0 Å². The highest BCUT2D eigenvalue weighted by Gasteiger charge is 2.56. The Labute approximate surface area is 254 Å². The maximum atomic E-state index is 14.5. The number of nitrogens with zero attached hydrogens (tertiary/aromatic N) is 4. The number of amides is 1. The number of methoxy groups -OCH3 is 1. The van der Waals surface area contributed by atoms with Crippen molar-refractivity contribution in [2.45, 2.75) is 81.4 Å². The Kier molecular flexibility index (Phi) is 8.87. The molecule has 1 amide bonds. The molecule has 1 aliphatic carbocycles. The van der Waals surface area contributed by atoms with E-state index in [0.717, 1.165) is 42.7 Å². The van der Waals surface area contributed by atoms with Crippen LogP contribution < -0.4 is 15.4 Å². The number of hydrogen-bond donors (Lipinski definition) is 2. The molecule has 1 saturated carbocycles. The molecule has 7 atom stereocenters. The normalized spacial score (nSPS) is 34.8. The number of hydrogen-bond acceptors (Lipinski definition) is 10.